The average molecular weight is 509 g/mol. The van der Waals surface area contributed by atoms with Crippen LogP contribution in [0.1, 0.15) is 25.0 Å². The molecule has 0 radical (unpaired) electrons. The van der Waals surface area contributed by atoms with Gasteiger partial charge in [0.05, 0.1) is 30.3 Å². The van der Waals surface area contributed by atoms with Crippen LogP contribution in [0, 0.1) is 15.5 Å². The lowest BCUT2D eigenvalue weighted by Crippen LogP contribution is -2.75. The van der Waals surface area contributed by atoms with Crippen LogP contribution in [0.25, 0.3) is 0 Å². The zero-order chi connectivity index (χ0) is 26.5. The molecule has 0 bridgehead atoms. The first-order valence-electron chi connectivity index (χ1n) is 12.2. The number of imide groups is 2. The van der Waals surface area contributed by atoms with Gasteiger partial charge in [-0.05, 0) is 49.6 Å². The van der Waals surface area contributed by atoms with E-state index in [1.165, 1.54) is 12.1 Å². The molecule has 11 nitrogen and oxygen atoms in total. The summed E-state index contributed by atoms with van der Waals surface area (Å²) < 4.78 is 11.3. The van der Waals surface area contributed by atoms with Crippen LogP contribution in [0.2, 0.25) is 0 Å². The minimum atomic E-state index is -1.68. The lowest BCUT2D eigenvalue weighted by Gasteiger charge is -2.56. The fourth-order valence-electron chi connectivity index (χ4n) is 5.91. The maximum atomic E-state index is 14.2. The first-order valence-corrected chi connectivity index (χ1v) is 12.2. The molecule has 4 atom stereocenters. The molecule has 0 saturated carbocycles. The van der Waals surface area contributed by atoms with Crippen molar-refractivity contribution in [3.05, 3.63) is 63.7 Å². The van der Waals surface area contributed by atoms with E-state index in [4.69, 9.17) is 9.47 Å². The standard InChI is InChI=1S/C26H28N4O7/c1-15-14-29-21-9-6-19(30(34)35)12-18(21)13-26(22(29)16(2)37-15)23(31)27-25(33)28(24(26)32)11-10-17-4-7-20(36-3)8-5-17/h4-9,12,15-16,22H,10-11,13-14H2,1-3H3,(H,27,31,33)/t15-,16-,22-,26+/m0/s1. The number of nitro benzene ring substituents is 1. The van der Waals surface area contributed by atoms with Gasteiger partial charge in [-0.2, -0.15) is 0 Å². The third kappa shape index (κ3) is 3.99. The molecule has 2 aromatic carbocycles. The van der Waals surface area contributed by atoms with Crippen molar-refractivity contribution in [3.63, 3.8) is 0 Å². The highest BCUT2D eigenvalue weighted by Crippen LogP contribution is 2.48. The summed E-state index contributed by atoms with van der Waals surface area (Å²) in [6.07, 6.45) is -0.408. The summed E-state index contributed by atoms with van der Waals surface area (Å²) in [5, 5.41) is 13.9. The molecule has 37 heavy (non-hydrogen) atoms. The molecule has 0 unspecified atom stereocenters. The average Bonchev–Trinajstić information content (AvgIpc) is 2.87. The van der Waals surface area contributed by atoms with Crippen molar-refractivity contribution < 1.29 is 28.8 Å². The third-order valence-electron chi connectivity index (χ3n) is 7.52. The van der Waals surface area contributed by atoms with Crippen molar-refractivity contribution in [2.75, 3.05) is 25.1 Å². The first kappa shape index (κ1) is 24.7. The van der Waals surface area contributed by atoms with Gasteiger partial charge in [0.25, 0.3) is 5.69 Å². The van der Waals surface area contributed by atoms with Crippen LogP contribution < -0.4 is 15.0 Å². The second-order valence-corrected chi connectivity index (χ2v) is 9.78. The van der Waals surface area contributed by atoms with Gasteiger partial charge in [0.15, 0.2) is 5.41 Å². The van der Waals surface area contributed by atoms with Crippen LogP contribution in [0.15, 0.2) is 42.5 Å². The van der Waals surface area contributed by atoms with Crippen molar-refractivity contribution in [1.29, 1.82) is 0 Å². The number of fused-ring (bicyclic) bond motifs is 4. The van der Waals surface area contributed by atoms with Gasteiger partial charge in [-0.15, -0.1) is 0 Å². The topological polar surface area (TPSA) is 131 Å². The summed E-state index contributed by atoms with van der Waals surface area (Å²) in [4.78, 5) is 54.6. The number of barbiturate groups is 1. The van der Waals surface area contributed by atoms with E-state index in [0.717, 1.165) is 16.2 Å². The maximum Gasteiger partial charge on any atom is 0.330 e. The molecule has 1 N–H and O–H groups in total. The lowest BCUT2D eigenvalue weighted by atomic mass is 9.66. The number of urea groups is 1. The van der Waals surface area contributed by atoms with Crippen molar-refractivity contribution in [1.82, 2.24) is 10.2 Å². The number of non-ortho nitro benzene ring substituents is 1. The van der Waals surface area contributed by atoms with E-state index in [2.05, 4.69) is 5.32 Å². The molecule has 3 heterocycles. The Balaban J connectivity index is 1.54. The molecule has 2 fully saturated rings. The number of nitrogens with zero attached hydrogens (tertiary/aromatic N) is 3. The fourth-order valence-corrected chi connectivity index (χ4v) is 5.91. The maximum absolute atomic E-state index is 14.2. The molecule has 1 spiro atoms. The number of hydrogen-bond donors (Lipinski definition) is 1. The highest BCUT2D eigenvalue weighted by atomic mass is 16.6. The predicted molar refractivity (Wildman–Crippen MR) is 132 cm³/mol. The summed E-state index contributed by atoms with van der Waals surface area (Å²) in [5.74, 6) is -0.636. The van der Waals surface area contributed by atoms with E-state index in [0.29, 0.717) is 24.3 Å². The number of carbonyl (C=O) groups is 3. The van der Waals surface area contributed by atoms with Gasteiger partial charge in [-0.25, -0.2) is 4.79 Å². The smallest absolute Gasteiger partial charge is 0.330 e. The second kappa shape index (κ2) is 9.15. The van der Waals surface area contributed by atoms with E-state index in [1.54, 1.807) is 25.3 Å². The molecule has 11 heteroatoms. The highest BCUT2D eigenvalue weighted by Gasteiger charge is 2.64. The Labute approximate surface area is 213 Å². The monoisotopic (exact) mass is 508 g/mol. The van der Waals surface area contributed by atoms with Crippen molar-refractivity contribution in [2.45, 2.75) is 44.9 Å². The lowest BCUT2D eigenvalue weighted by molar-refractivity contribution is -0.384. The van der Waals surface area contributed by atoms with Crippen LogP contribution in [-0.2, 0) is 27.2 Å². The quantitative estimate of drug-likeness (QED) is 0.370. The first-order chi connectivity index (χ1) is 17.6. The van der Waals surface area contributed by atoms with E-state index < -0.39 is 40.3 Å². The summed E-state index contributed by atoms with van der Waals surface area (Å²) in [5.41, 5.74) is 0.320. The molecule has 5 rings (SSSR count). The number of amides is 4. The second-order valence-electron chi connectivity index (χ2n) is 9.78. The molecule has 4 amide bonds. The molecule has 0 aliphatic carbocycles. The van der Waals surface area contributed by atoms with Gasteiger partial charge in [0.1, 0.15) is 5.75 Å². The van der Waals surface area contributed by atoms with Crippen LogP contribution in [0.4, 0.5) is 16.2 Å². The molecule has 2 saturated heterocycles. The fraction of sp³-hybridized carbons (Fsp3) is 0.423. The van der Waals surface area contributed by atoms with Gasteiger partial charge >= 0.3 is 6.03 Å². The molecule has 2 aromatic rings. The van der Waals surface area contributed by atoms with Gasteiger partial charge in [0, 0.05) is 37.3 Å². The van der Waals surface area contributed by atoms with Crippen molar-refractivity contribution in [2.24, 2.45) is 5.41 Å². The SMILES string of the molecule is COc1ccc(CCN2C(=O)NC(=O)[C@]3(Cc4cc([N+](=O)[O-])ccc4N4C[C@H](C)O[C@@H](C)[C@H]43)C2=O)cc1. The molecule has 3 aliphatic heterocycles. The Hall–Kier alpha value is -3.99. The van der Waals surface area contributed by atoms with E-state index >= 15 is 0 Å². The number of hydrogen-bond acceptors (Lipinski definition) is 8. The number of anilines is 1. The number of methoxy groups -OCH3 is 1. The van der Waals surface area contributed by atoms with Crippen molar-refractivity contribution >= 4 is 29.2 Å². The Bertz CT molecular complexity index is 1280. The van der Waals surface area contributed by atoms with Crippen molar-refractivity contribution in [3.8, 4) is 5.75 Å². The summed E-state index contributed by atoms with van der Waals surface area (Å²) >= 11 is 0. The molecule has 194 valence electrons. The number of carbonyl (C=O) groups excluding carboxylic acids is 3. The Morgan fingerprint density at radius 1 is 1.16 bits per heavy atom. The summed E-state index contributed by atoms with van der Waals surface area (Å²) in [6, 6.07) is 10.3. The van der Waals surface area contributed by atoms with E-state index in [-0.39, 0.29) is 24.8 Å². The number of nitro groups is 1. The van der Waals surface area contributed by atoms with Gasteiger partial charge in [-0.1, -0.05) is 12.1 Å². The number of ether oxygens (including phenoxy) is 2. The van der Waals surface area contributed by atoms with E-state index in [9.17, 15) is 24.5 Å². The van der Waals surface area contributed by atoms with Crippen LogP contribution >= 0.6 is 0 Å². The number of nitrogens with one attached hydrogen (secondary N) is 1. The minimum absolute atomic E-state index is 0.0617. The Morgan fingerprint density at radius 3 is 2.57 bits per heavy atom. The summed E-state index contributed by atoms with van der Waals surface area (Å²) in [6.45, 7) is 4.16. The molecular formula is C26H28N4O7. The zero-order valence-corrected chi connectivity index (χ0v) is 20.8. The van der Waals surface area contributed by atoms with Gasteiger partial charge in [0.2, 0.25) is 11.8 Å². The number of rotatable bonds is 5. The molecule has 0 aromatic heterocycles. The van der Waals surface area contributed by atoms with Gasteiger partial charge < -0.3 is 14.4 Å². The predicted octanol–water partition coefficient (Wildman–Crippen LogP) is 2.45. The van der Waals surface area contributed by atoms with Crippen LogP contribution in [-0.4, -0.2) is 66.1 Å². The largest absolute Gasteiger partial charge is 0.497 e. The zero-order valence-electron chi connectivity index (χ0n) is 20.8. The third-order valence-corrected chi connectivity index (χ3v) is 7.52. The highest BCUT2D eigenvalue weighted by molar-refractivity contribution is 6.20. The van der Waals surface area contributed by atoms with Crippen LogP contribution in [0.5, 0.6) is 5.75 Å². The number of morpholine rings is 1. The van der Waals surface area contributed by atoms with E-state index in [1.807, 2.05) is 30.9 Å². The van der Waals surface area contributed by atoms with Gasteiger partial charge in [-0.3, -0.25) is 29.9 Å². The molecular weight excluding hydrogens is 480 g/mol. The van der Waals surface area contributed by atoms with Crippen LogP contribution in [0.3, 0.4) is 0 Å². The Kier molecular flexibility index (Phi) is 6.10. The normalized spacial score (nSPS) is 27.0. The molecule has 3 aliphatic rings. The number of benzene rings is 2. The Morgan fingerprint density at radius 2 is 1.89 bits per heavy atom. The minimum Gasteiger partial charge on any atom is -0.497 e. The summed E-state index contributed by atoms with van der Waals surface area (Å²) in [7, 11) is 1.57.